The Labute approximate surface area is 154 Å². The highest BCUT2D eigenvalue weighted by atomic mass is 16.5. The molecule has 142 valence electrons. The number of hydrogen-bond donors (Lipinski definition) is 0. The molecule has 0 unspecified atom stereocenters. The minimum atomic E-state index is -0.589. The van der Waals surface area contributed by atoms with Crippen LogP contribution in [0.1, 0.15) is 64.4 Å². The van der Waals surface area contributed by atoms with Gasteiger partial charge in [-0.3, -0.25) is 14.4 Å². The Hall–Kier alpha value is -2.63. The second-order valence-corrected chi connectivity index (χ2v) is 6.45. The Balaban J connectivity index is 3.81. The third-order valence-electron chi connectivity index (χ3n) is 3.23. The number of Topliss-reactive ketones (excluding diaryl/α,β-unsaturated/α-hetero) is 1. The molecule has 0 aliphatic rings. The van der Waals surface area contributed by atoms with E-state index in [-0.39, 0.29) is 34.7 Å². The van der Waals surface area contributed by atoms with E-state index in [4.69, 9.17) is 14.2 Å². The van der Waals surface area contributed by atoms with E-state index in [1.54, 1.807) is 0 Å². The van der Waals surface area contributed by atoms with Crippen LogP contribution in [-0.2, 0) is 16.0 Å². The largest absolute Gasteiger partial charge is 0.490 e. The zero-order valence-corrected chi connectivity index (χ0v) is 16.4. The molecule has 0 bridgehead atoms. The van der Waals surface area contributed by atoms with E-state index in [1.807, 2.05) is 33.8 Å². The molecule has 0 atom stereocenters. The number of carbonyl (C=O) groups excluding carboxylic acids is 3. The van der Waals surface area contributed by atoms with Gasteiger partial charge in [0, 0.05) is 25.5 Å². The molecular weight excluding hydrogens is 336 g/mol. The van der Waals surface area contributed by atoms with Crippen LogP contribution in [0.3, 0.4) is 0 Å². The van der Waals surface area contributed by atoms with Crippen molar-refractivity contribution >= 4 is 17.7 Å². The van der Waals surface area contributed by atoms with Crippen molar-refractivity contribution < 1.29 is 28.6 Å². The number of ketones is 1. The summed E-state index contributed by atoms with van der Waals surface area (Å²) in [6.07, 6.45) is 2.09. The number of carbonyl (C=O) groups is 3. The summed E-state index contributed by atoms with van der Waals surface area (Å²) in [7, 11) is 0. The summed E-state index contributed by atoms with van der Waals surface area (Å²) in [6, 6.07) is 1.39. The molecule has 0 fully saturated rings. The summed E-state index contributed by atoms with van der Waals surface area (Å²) >= 11 is 0. The van der Waals surface area contributed by atoms with E-state index >= 15 is 0 Å². The van der Waals surface area contributed by atoms with Crippen LogP contribution in [0.25, 0.3) is 0 Å². The number of ether oxygens (including phenoxy) is 3. The predicted octanol–water partition coefficient (Wildman–Crippen LogP) is 4.04. The Kier molecular flexibility index (Phi) is 7.56. The fourth-order valence-corrected chi connectivity index (χ4v) is 2.33. The quantitative estimate of drug-likeness (QED) is 0.315. The molecule has 1 rings (SSSR count). The molecule has 0 aliphatic heterocycles. The normalized spacial score (nSPS) is 10.3. The molecule has 0 N–H and O–H groups in total. The topological polar surface area (TPSA) is 78.9 Å². The van der Waals surface area contributed by atoms with Gasteiger partial charge in [0.1, 0.15) is 22.8 Å². The van der Waals surface area contributed by atoms with Gasteiger partial charge in [0.2, 0.25) is 0 Å². The summed E-state index contributed by atoms with van der Waals surface area (Å²) in [5.74, 6) is -0.952. The first-order valence-corrected chi connectivity index (χ1v) is 8.40. The standard InChI is InChI=1S/C20H26O6/c1-11(2)8-9-16-17(25-14(6)22)10-18(26-15(7)23)19(13(5)21)20(16)24-12(3)4/h8,10,12H,9H2,1-7H3. The van der Waals surface area contributed by atoms with E-state index in [0.717, 1.165) is 5.57 Å². The lowest BCUT2D eigenvalue weighted by Crippen LogP contribution is -2.16. The van der Waals surface area contributed by atoms with Crippen LogP contribution in [0.15, 0.2) is 17.7 Å². The van der Waals surface area contributed by atoms with Gasteiger partial charge >= 0.3 is 11.9 Å². The number of rotatable bonds is 7. The Morgan fingerprint density at radius 1 is 0.962 bits per heavy atom. The summed E-state index contributed by atoms with van der Waals surface area (Å²) in [6.45, 7) is 11.4. The van der Waals surface area contributed by atoms with E-state index < -0.39 is 11.9 Å². The predicted molar refractivity (Wildman–Crippen MR) is 98.0 cm³/mol. The van der Waals surface area contributed by atoms with Gasteiger partial charge in [0.25, 0.3) is 0 Å². The Bertz CT molecular complexity index is 739. The monoisotopic (exact) mass is 362 g/mol. The van der Waals surface area contributed by atoms with Crippen molar-refractivity contribution in [3.05, 3.63) is 28.8 Å². The Morgan fingerprint density at radius 3 is 1.92 bits per heavy atom. The second-order valence-electron chi connectivity index (χ2n) is 6.45. The molecule has 1 aromatic carbocycles. The molecule has 26 heavy (non-hydrogen) atoms. The number of benzene rings is 1. The van der Waals surface area contributed by atoms with Crippen LogP contribution in [0.5, 0.6) is 17.2 Å². The molecule has 0 aromatic heterocycles. The van der Waals surface area contributed by atoms with Crippen molar-refractivity contribution in [2.24, 2.45) is 0 Å². The van der Waals surface area contributed by atoms with Crippen LogP contribution < -0.4 is 14.2 Å². The molecule has 0 radical (unpaired) electrons. The van der Waals surface area contributed by atoms with Crippen LogP contribution in [-0.4, -0.2) is 23.8 Å². The highest BCUT2D eigenvalue weighted by Gasteiger charge is 2.26. The number of hydrogen-bond acceptors (Lipinski definition) is 6. The smallest absolute Gasteiger partial charge is 0.308 e. The lowest BCUT2D eigenvalue weighted by atomic mass is 9.99. The van der Waals surface area contributed by atoms with Crippen molar-refractivity contribution in [2.45, 2.75) is 61.0 Å². The molecular formula is C20H26O6. The highest BCUT2D eigenvalue weighted by molar-refractivity contribution is 6.01. The van der Waals surface area contributed by atoms with Crippen molar-refractivity contribution in [3.8, 4) is 17.2 Å². The maximum atomic E-state index is 12.3. The SMILES string of the molecule is CC(=O)Oc1cc(OC(C)=O)c(C(C)=O)c(OC(C)C)c1CC=C(C)C. The van der Waals surface area contributed by atoms with Gasteiger partial charge in [-0.1, -0.05) is 11.6 Å². The maximum absolute atomic E-state index is 12.3. The van der Waals surface area contributed by atoms with Crippen LogP contribution in [0, 0.1) is 0 Å². The van der Waals surface area contributed by atoms with Gasteiger partial charge in [-0.15, -0.1) is 0 Å². The van der Waals surface area contributed by atoms with Crippen LogP contribution in [0.4, 0.5) is 0 Å². The van der Waals surface area contributed by atoms with E-state index in [9.17, 15) is 14.4 Å². The summed E-state index contributed by atoms with van der Waals surface area (Å²) in [5, 5.41) is 0. The fourth-order valence-electron chi connectivity index (χ4n) is 2.33. The lowest BCUT2D eigenvalue weighted by molar-refractivity contribution is -0.132. The van der Waals surface area contributed by atoms with Crippen molar-refractivity contribution in [1.82, 2.24) is 0 Å². The first-order chi connectivity index (χ1) is 12.0. The Morgan fingerprint density at radius 2 is 1.50 bits per heavy atom. The first-order valence-electron chi connectivity index (χ1n) is 8.40. The van der Waals surface area contributed by atoms with Crippen LogP contribution in [0.2, 0.25) is 0 Å². The molecule has 1 aromatic rings. The maximum Gasteiger partial charge on any atom is 0.308 e. The van der Waals surface area contributed by atoms with E-state index in [1.165, 1.54) is 26.8 Å². The summed E-state index contributed by atoms with van der Waals surface area (Å²) in [5.41, 5.74) is 1.76. The fraction of sp³-hybridized carbons (Fsp3) is 0.450. The molecule has 0 heterocycles. The lowest BCUT2D eigenvalue weighted by Gasteiger charge is -2.21. The number of allylic oxidation sites excluding steroid dienone is 2. The number of esters is 2. The van der Waals surface area contributed by atoms with Gasteiger partial charge in [0.15, 0.2) is 5.78 Å². The molecule has 6 nitrogen and oxygen atoms in total. The van der Waals surface area contributed by atoms with Gasteiger partial charge in [0.05, 0.1) is 6.10 Å². The average molecular weight is 362 g/mol. The van der Waals surface area contributed by atoms with Gasteiger partial charge in [-0.25, -0.2) is 0 Å². The zero-order valence-electron chi connectivity index (χ0n) is 16.4. The van der Waals surface area contributed by atoms with E-state index in [0.29, 0.717) is 12.0 Å². The zero-order chi connectivity index (χ0) is 20.0. The van der Waals surface area contributed by atoms with Crippen molar-refractivity contribution in [1.29, 1.82) is 0 Å². The molecule has 0 amide bonds. The second kappa shape index (κ2) is 9.17. The molecule has 0 saturated heterocycles. The van der Waals surface area contributed by atoms with Crippen LogP contribution >= 0.6 is 0 Å². The summed E-state index contributed by atoms with van der Waals surface area (Å²) < 4.78 is 16.4. The molecule has 6 heteroatoms. The van der Waals surface area contributed by atoms with Crippen molar-refractivity contribution in [2.75, 3.05) is 0 Å². The van der Waals surface area contributed by atoms with Gasteiger partial charge < -0.3 is 14.2 Å². The van der Waals surface area contributed by atoms with Gasteiger partial charge in [-0.2, -0.15) is 0 Å². The molecule has 0 aliphatic carbocycles. The third-order valence-corrected chi connectivity index (χ3v) is 3.23. The first kappa shape index (κ1) is 21.4. The third kappa shape index (κ3) is 6.02. The molecule has 0 saturated carbocycles. The van der Waals surface area contributed by atoms with Gasteiger partial charge in [-0.05, 0) is 41.0 Å². The minimum absolute atomic E-state index is 0.0119. The minimum Gasteiger partial charge on any atom is -0.490 e. The van der Waals surface area contributed by atoms with Crippen molar-refractivity contribution in [3.63, 3.8) is 0 Å². The molecule has 0 spiro atoms. The highest BCUT2D eigenvalue weighted by Crippen LogP contribution is 2.41. The average Bonchev–Trinajstić information content (AvgIpc) is 2.43. The summed E-state index contributed by atoms with van der Waals surface area (Å²) in [4.78, 5) is 35.3. The van der Waals surface area contributed by atoms with E-state index in [2.05, 4.69) is 0 Å².